The summed E-state index contributed by atoms with van der Waals surface area (Å²) in [6, 6.07) is 5.25. The fourth-order valence-electron chi connectivity index (χ4n) is 2.05. The molecule has 0 saturated carbocycles. The lowest BCUT2D eigenvalue weighted by Crippen LogP contribution is -2.48. The van der Waals surface area contributed by atoms with E-state index in [0.29, 0.717) is 35.2 Å². The van der Waals surface area contributed by atoms with E-state index in [4.69, 9.17) is 27.9 Å². The molecule has 5 heteroatoms. The summed E-state index contributed by atoms with van der Waals surface area (Å²) in [5, 5.41) is 4.26. The zero-order valence-electron chi connectivity index (χ0n) is 10.1. The van der Waals surface area contributed by atoms with Crippen LogP contribution < -0.4 is 5.32 Å². The molecule has 1 aromatic rings. The number of hydrogen-bond donors (Lipinski definition) is 1. The quantitative estimate of drug-likeness (QED) is 0.869. The van der Waals surface area contributed by atoms with Crippen molar-refractivity contribution in [2.24, 2.45) is 0 Å². The summed E-state index contributed by atoms with van der Waals surface area (Å²) in [5.41, 5.74) is 0.515. The van der Waals surface area contributed by atoms with Crippen LogP contribution in [-0.2, 0) is 4.74 Å². The molecule has 1 fully saturated rings. The Morgan fingerprint density at radius 2 is 2.22 bits per heavy atom. The van der Waals surface area contributed by atoms with Crippen LogP contribution in [0.15, 0.2) is 18.2 Å². The number of ketones is 1. The maximum Gasteiger partial charge on any atom is 0.166 e. The zero-order valence-corrected chi connectivity index (χ0v) is 11.6. The highest BCUT2D eigenvalue weighted by Crippen LogP contribution is 2.22. The summed E-state index contributed by atoms with van der Waals surface area (Å²) < 4.78 is 5.41. The van der Waals surface area contributed by atoms with Crippen molar-refractivity contribution in [3.05, 3.63) is 33.8 Å². The molecule has 1 aliphatic heterocycles. The van der Waals surface area contributed by atoms with Gasteiger partial charge in [0.25, 0.3) is 0 Å². The molecule has 2 unspecified atom stereocenters. The predicted molar refractivity (Wildman–Crippen MR) is 72.6 cm³/mol. The lowest BCUT2D eigenvalue weighted by atomic mass is 10.0. The molecule has 0 aliphatic carbocycles. The van der Waals surface area contributed by atoms with Gasteiger partial charge in [0.1, 0.15) is 0 Å². The topological polar surface area (TPSA) is 38.3 Å². The van der Waals surface area contributed by atoms with Crippen molar-refractivity contribution in [1.82, 2.24) is 5.32 Å². The van der Waals surface area contributed by atoms with Crippen molar-refractivity contribution < 1.29 is 9.53 Å². The highest BCUT2D eigenvalue weighted by atomic mass is 35.5. The summed E-state index contributed by atoms with van der Waals surface area (Å²) in [7, 11) is 0. The second-order valence-corrected chi connectivity index (χ2v) is 5.40. The van der Waals surface area contributed by atoms with Gasteiger partial charge in [0, 0.05) is 29.1 Å². The largest absolute Gasteiger partial charge is 0.378 e. The van der Waals surface area contributed by atoms with Gasteiger partial charge in [0.15, 0.2) is 5.78 Å². The van der Waals surface area contributed by atoms with Crippen LogP contribution in [0, 0.1) is 0 Å². The van der Waals surface area contributed by atoms with Crippen molar-refractivity contribution in [1.29, 1.82) is 0 Å². The van der Waals surface area contributed by atoms with Gasteiger partial charge in [-0.15, -0.1) is 0 Å². The summed E-state index contributed by atoms with van der Waals surface area (Å²) >= 11 is 11.8. The van der Waals surface area contributed by atoms with Crippen LogP contribution in [-0.4, -0.2) is 31.1 Å². The van der Waals surface area contributed by atoms with E-state index in [0.717, 1.165) is 0 Å². The van der Waals surface area contributed by atoms with Gasteiger partial charge in [0.2, 0.25) is 0 Å². The molecular formula is C13H15Cl2NO2. The Morgan fingerprint density at radius 1 is 1.44 bits per heavy atom. The number of ether oxygens (including phenoxy) is 1. The molecule has 1 heterocycles. The van der Waals surface area contributed by atoms with Crippen molar-refractivity contribution in [2.45, 2.75) is 25.4 Å². The minimum absolute atomic E-state index is 0.00636. The Hall–Kier alpha value is -0.610. The molecule has 1 aromatic carbocycles. The first-order valence-electron chi connectivity index (χ1n) is 5.88. The Bertz CT molecular complexity index is 451. The van der Waals surface area contributed by atoms with E-state index in [9.17, 15) is 4.79 Å². The minimum atomic E-state index is 0.00636. The first-order valence-corrected chi connectivity index (χ1v) is 6.64. The molecule has 3 nitrogen and oxygen atoms in total. The SMILES string of the molecule is CC1COCC(CC(=O)c2ccc(Cl)cc2Cl)N1. The third-order valence-electron chi connectivity index (χ3n) is 2.87. The van der Waals surface area contributed by atoms with Gasteiger partial charge in [-0.2, -0.15) is 0 Å². The van der Waals surface area contributed by atoms with Crippen LogP contribution >= 0.6 is 23.2 Å². The van der Waals surface area contributed by atoms with Gasteiger partial charge in [-0.25, -0.2) is 0 Å². The summed E-state index contributed by atoms with van der Waals surface area (Å²) in [6.45, 7) is 3.28. The van der Waals surface area contributed by atoms with Gasteiger partial charge in [-0.05, 0) is 25.1 Å². The Balaban J connectivity index is 2.03. The third-order valence-corrected chi connectivity index (χ3v) is 3.42. The molecule has 98 valence electrons. The van der Waals surface area contributed by atoms with Crippen molar-refractivity contribution in [3.8, 4) is 0 Å². The van der Waals surface area contributed by atoms with E-state index in [1.54, 1.807) is 18.2 Å². The van der Waals surface area contributed by atoms with Gasteiger partial charge >= 0.3 is 0 Å². The van der Waals surface area contributed by atoms with Crippen molar-refractivity contribution in [2.75, 3.05) is 13.2 Å². The normalized spacial score (nSPS) is 23.9. The first kappa shape index (κ1) is 13.8. The molecule has 1 saturated heterocycles. The number of rotatable bonds is 3. The van der Waals surface area contributed by atoms with Crippen LogP contribution in [0.5, 0.6) is 0 Å². The second-order valence-electron chi connectivity index (χ2n) is 4.55. The number of nitrogens with one attached hydrogen (secondary N) is 1. The lowest BCUT2D eigenvalue weighted by Gasteiger charge is -2.28. The number of benzene rings is 1. The Kier molecular flexibility index (Phi) is 4.62. The number of morpholine rings is 1. The van der Waals surface area contributed by atoms with E-state index in [1.165, 1.54) is 0 Å². The maximum atomic E-state index is 12.1. The van der Waals surface area contributed by atoms with Crippen LogP contribution in [0.25, 0.3) is 0 Å². The molecule has 1 N–H and O–H groups in total. The van der Waals surface area contributed by atoms with E-state index < -0.39 is 0 Å². The highest BCUT2D eigenvalue weighted by molar-refractivity contribution is 6.36. The number of hydrogen-bond acceptors (Lipinski definition) is 3. The van der Waals surface area contributed by atoms with Crippen LogP contribution in [0.2, 0.25) is 10.0 Å². The molecule has 0 bridgehead atoms. The molecule has 0 aromatic heterocycles. The molecule has 18 heavy (non-hydrogen) atoms. The average Bonchev–Trinajstić information content (AvgIpc) is 2.28. The van der Waals surface area contributed by atoms with Gasteiger partial charge < -0.3 is 10.1 Å². The van der Waals surface area contributed by atoms with Crippen molar-refractivity contribution in [3.63, 3.8) is 0 Å². The molecule has 1 aliphatic rings. The van der Waals surface area contributed by atoms with Crippen LogP contribution in [0.3, 0.4) is 0 Å². The molecule has 0 spiro atoms. The Labute approximate surface area is 116 Å². The zero-order chi connectivity index (χ0) is 13.1. The van der Waals surface area contributed by atoms with E-state index in [2.05, 4.69) is 5.32 Å². The van der Waals surface area contributed by atoms with E-state index in [1.807, 2.05) is 6.92 Å². The first-order chi connectivity index (χ1) is 8.56. The standard InChI is InChI=1S/C13H15Cl2NO2/c1-8-6-18-7-10(16-8)5-13(17)11-3-2-9(14)4-12(11)15/h2-4,8,10,16H,5-7H2,1H3. The fraction of sp³-hybridized carbons (Fsp3) is 0.462. The maximum absolute atomic E-state index is 12.1. The molecular weight excluding hydrogens is 273 g/mol. The van der Waals surface area contributed by atoms with Gasteiger partial charge in [0.05, 0.1) is 18.2 Å². The Morgan fingerprint density at radius 3 is 2.89 bits per heavy atom. The summed E-state index contributed by atoms with van der Waals surface area (Å²) in [5.74, 6) is 0.00636. The smallest absolute Gasteiger partial charge is 0.166 e. The number of carbonyl (C=O) groups excluding carboxylic acids is 1. The van der Waals surface area contributed by atoms with Crippen molar-refractivity contribution >= 4 is 29.0 Å². The molecule has 2 rings (SSSR count). The van der Waals surface area contributed by atoms with Gasteiger partial charge in [-0.3, -0.25) is 4.79 Å². The predicted octanol–water partition coefficient (Wildman–Crippen LogP) is 2.94. The number of Topliss-reactive ketones (excluding diaryl/α,β-unsaturated/α-hetero) is 1. The third kappa shape index (κ3) is 3.45. The van der Waals surface area contributed by atoms with E-state index in [-0.39, 0.29) is 17.9 Å². The molecule has 0 radical (unpaired) electrons. The van der Waals surface area contributed by atoms with Gasteiger partial charge in [-0.1, -0.05) is 23.2 Å². The number of halogens is 2. The minimum Gasteiger partial charge on any atom is -0.378 e. The van der Waals surface area contributed by atoms with E-state index >= 15 is 0 Å². The summed E-state index contributed by atoms with van der Waals surface area (Å²) in [6.07, 6.45) is 0.381. The fourth-order valence-corrected chi connectivity index (χ4v) is 2.57. The average molecular weight is 288 g/mol. The lowest BCUT2D eigenvalue weighted by molar-refractivity contribution is 0.0463. The molecule has 0 amide bonds. The summed E-state index contributed by atoms with van der Waals surface area (Å²) in [4.78, 5) is 12.1. The van der Waals surface area contributed by atoms with Crippen LogP contribution in [0.4, 0.5) is 0 Å². The monoisotopic (exact) mass is 287 g/mol. The highest BCUT2D eigenvalue weighted by Gasteiger charge is 2.22. The van der Waals surface area contributed by atoms with Crippen LogP contribution in [0.1, 0.15) is 23.7 Å². The molecule has 2 atom stereocenters. The number of carbonyl (C=O) groups is 1. The second kappa shape index (κ2) is 6.02.